The highest BCUT2D eigenvalue weighted by atomic mass is 32.2. The molecule has 0 bridgehead atoms. The van der Waals surface area contributed by atoms with Gasteiger partial charge < -0.3 is 10.6 Å². The van der Waals surface area contributed by atoms with Crippen molar-refractivity contribution in [2.75, 3.05) is 20.6 Å². The number of amides is 1. The lowest BCUT2D eigenvalue weighted by atomic mass is 10.2. The van der Waals surface area contributed by atoms with Crippen LogP contribution in [0.15, 0.2) is 29.2 Å². The molecule has 0 aliphatic carbocycles. The highest BCUT2D eigenvalue weighted by Crippen LogP contribution is 2.11. The maximum Gasteiger partial charge on any atom is 0.241 e. The van der Waals surface area contributed by atoms with Gasteiger partial charge >= 0.3 is 0 Å². The summed E-state index contributed by atoms with van der Waals surface area (Å²) in [7, 11) is -0.542. The van der Waals surface area contributed by atoms with Gasteiger partial charge in [-0.15, -0.1) is 0 Å². The van der Waals surface area contributed by atoms with Gasteiger partial charge in [0, 0.05) is 14.1 Å². The molecule has 0 aliphatic heterocycles. The quantitative estimate of drug-likeness (QED) is 0.770. The zero-order valence-electron chi connectivity index (χ0n) is 12.0. The van der Waals surface area contributed by atoms with Crippen LogP contribution in [0.4, 0.5) is 0 Å². The van der Waals surface area contributed by atoms with E-state index in [1.165, 1.54) is 24.0 Å². The van der Waals surface area contributed by atoms with Crippen LogP contribution in [-0.2, 0) is 21.2 Å². The van der Waals surface area contributed by atoms with Gasteiger partial charge in [-0.2, -0.15) is 4.72 Å². The van der Waals surface area contributed by atoms with Gasteiger partial charge in [-0.25, -0.2) is 8.42 Å². The van der Waals surface area contributed by atoms with Crippen molar-refractivity contribution in [1.82, 2.24) is 9.62 Å². The smallest absolute Gasteiger partial charge is 0.241 e. The van der Waals surface area contributed by atoms with Gasteiger partial charge in [0.2, 0.25) is 15.9 Å². The van der Waals surface area contributed by atoms with E-state index in [-0.39, 0.29) is 10.8 Å². The Labute approximate surface area is 120 Å². The van der Waals surface area contributed by atoms with Crippen molar-refractivity contribution in [2.24, 2.45) is 5.73 Å². The predicted octanol–water partition coefficient (Wildman–Crippen LogP) is -0.0572. The predicted molar refractivity (Wildman–Crippen MR) is 77.7 cm³/mol. The van der Waals surface area contributed by atoms with Crippen molar-refractivity contribution in [3.63, 3.8) is 0 Å². The van der Waals surface area contributed by atoms with Crippen molar-refractivity contribution in [1.29, 1.82) is 0 Å². The molecule has 1 aromatic carbocycles. The van der Waals surface area contributed by atoms with Crippen molar-refractivity contribution < 1.29 is 13.2 Å². The molecule has 20 heavy (non-hydrogen) atoms. The number of hydrogen-bond acceptors (Lipinski definition) is 4. The van der Waals surface area contributed by atoms with Crippen molar-refractivity contribution in [3.05, 3.63) is 29.8 Å². The molecule has 7 heteroatoms. The Balaban J connectivity index is 2.86. The Morgan fingerprint density at radius 2 is 1.85 bits per heavy atom. The summed E-state index contributed by atoms with van der Waals surface area (Å²) < 4.78 is 26.6. The molecule has 1 rings (SSSR count). The Hall–Kier alpha value is -1.44. The first-order chi connectivity index (χ1) is 9.27. The van der Waals surface area contributed by atoms with Gasteiger partial charge in [0.05, 0.1) is 10.9 Å². The first-order valence-electron chi connectivity index (χ1n) is 6.30. The van der Waals surface area contributed by atoms with Gasteiger partial charge in [-0.05, 0) is 37.6 Å². The summed E-state index contributed by atoms with van der Waals surface area (Å²) in [5.41, 5.74) is 6.41. The Morgan fingerprint density at radius 3 is 2.30 bits per heavy atom. The minimum atomic E-state index is -3.70. The van der Waals surface area contributed by atoms with Gasteiger partial charge in [0.1, 0.15) is 0 Å². The van der Waals surface area contributed by atoms with Crippen LogP contribution in [0.2, 0.25) is 0 Å². The fraction of sp³-hybridized carbons (Fsp3) is 0.462. The second-order valence-electron chi connectivity index (χ2n) is 4.76. The minimum absolute atomic E-state index is 0.136. The molecule has 0 fully saturated rings. The lowest BCUT2D eigenvalue weighted by Gasteiger charge is -2.18. The SMILES string of the molecule is CC(NS(=O)(=O)c1ccc(CCN)cc1)C(=O)N(C)C. The second kappa shape index (κ2) is 6.83. The molecule has 3 N–H and O–H groups in total. The zero-order chi connectivity index (χ0) is 15.3. The molecule has 0 aliphatic rings. The average Bonchev–Trinajstić information content (AvgIpc) is 2.38. The van der Waals surface area contributed by atoms with Crippen molar-refractivity contribution >= 4 is 15.9 Å². The third kappa shape index (κ3) is 4.29. The number of carbonyl (C=O) groups excluding carboxylic acids is 1. The van der Waals surface area contributed by atoms with Crippen LogP contribution in [0.3, 0.4) is 0 Å². The molecule has 0 spiro atoms. The fourth-order valence-electron chi connectivity index (χ4n) is 1.74. The van der Waals surface area contributed by atoms with Crippen LogP contribution in [-0.4, -0.2) is 45.9 Å². The highest BCUT2D eigenvalue weighted by molar-refractivity contribution is 7.89. The normalized spacial score (nSPS) is 13.0. The topological polar surface area (TPSA) is 92.5 Å². The lowest BCUT2D eigenvalue weighted by molar-refractivity contribution is -0.130. The number of sulfonamides is 1. The number of hydrogen-bond donors (Lipinski definition) is 2. The number of nitrogens with zero attached hydrogens (tertiary/aromatic N) is 1. The fourth-order valence-corrected chi connectivity index (χ4v) is 2.94. The summed E-state index contributed by atoms with van der Waals surface area (Å²) in [6, 6.07) is 5.67. The summed E-state index contributed by atoms with van der Waals surface area (Å²) >= 11 is 0. The number of likely N-dealkylation sites (N-methyl/N-ethyl adjacent to an activating group) is 1. The van der Waals surface area contributed by atoms with Gasteiger partial charge in [-0.3, -0.25) is 4.79 Å². The van der Waals surface area contributed by atoms with Crippen LogP contribution in [0.5, 0.6) is 0 Å². The molecular formula is C13H21N3O3S. The first-order valence-corrected chi connectivity index (χ1v) is 7.78. The van der Waals surface area contributed by atoms with E-state index < -0.39 is 16.1 Å². The third-order valence-corrected chi connectivity index (χ3v) is 4.37. The summed E-state index contributed by atoms with van der Waals surface area (Å²) in [6.45, 7) is 2.03. The molecule has 1 unspecified atom stereocenters. The largest absolute Gasteiger partial charge is 0.347 e. The molecule has 112 valence electrons. The van der Waals surface area contributed by atoms with Crippen molar-refractivity contribution in [2.45, 2.75) is 24.3 Å². The van der Waals surface area contributed by atoms with Crippen molar-refractivity contribution in [3.8, 4) is 0 Å². The maximum atomic E-state index is 12.1. The van der Waals surface area contributed by atoms with Crippen LogP contribution < -0.4 is 10.5 Å². The molecule has 1 aromatic rings. The third-order valence-electron chi connectivity index (χ3n) is 2.81. The van der Waals surface area contributed by atoms with Crippen LogP contribution >= 0.6 is 0 Å². The Morgan fingerprint density at radius 1 is 1.30 bits per heavy atom. The molecule has 6 nitrogen and oxygen atoms in total. The average molecular weight is 299 g/mol. The second-order valence-corrected chi connectivity index (χ2v) is 6.47. The molecule has 0 heterocycles. The summed E-state index contributed by atoms with van der Waals surface area (Å²) in [6.07, 6.45) is 0.698. The zero-order valence-corrected chi connectivity index (χ0v) is 12.8. The van der Waals surface area contributed by atoms with E-state index >= 15 is 0 Å². The molecule has 0 saturated heterocycles. The van der Waals surface area contributed by atoms with Crippen LogP contribution in [0.25, 0.3) is 0 Å². The standard InChI is InChI=1S/C13H21N3O3S/c1-10(13(17)16(2)3)15-20(18,19)12-6-4-11(5-7-12)8-9-14/h4-7,10,15H,8-9,14H2,1-3H3. The first kappa shape index (κ1) is 16.6. The van der Waals surface area contributed by atoms with Crippen LogP contribution in [0.1, 0.15) is 12.5 Å². The summed E-state index contributed by atoms with van der Waals surface area (Å²) in [4.78, 5) is 13.2. The number of benzene rings is 1. The number of nitrogens with two attached hydrogens (primary N) is 1. The highest BCUT2D eigenvalue weighted by Gasteiger charge is 2.22. The van der Waals surface area contributed by atoms with E-state index in [2.05, 4.69) is 4.72 Å². The van der Waals surface area contributed by atoms with E-state index in [1.807, 2.05) is 0 Å². The molecule has 0 radical (unpaired) electrons. The molecule has 0 saturated carbocycles. The van der Waals surface area contributed by atoms with Gasteiger partial charge in [-0.1, -0.05) is 12.1 Å². The molecule has 1 atom stereocenters. The maximum absolute atomic E-state index is 12.1. The monoisotopic (exact) mass is 299 g/mol. The van der Waals surface area contributed by atoms with Crippen LogP contribution in [0, 0.1) is 0 Å². The lowest BCUT2D eigenvalue weighted by Crippen LogP contribution is -2.44. The summed E-state index contributed by atoms with van der Waals surface area (Å²) in [5, 5.41) is 0. The van der Waals surface area contributed by atoms with Gasteiger partial charge in [0.25, 0.3) is 0 Å². The van der Waals surface area contributed by atoms with E-state index in [1.54, 1.807) is 26.2 Å². The van der Waals surface area contributed by atoms with E-state index in [0.717, 1.165) is 5.56 Å². The Bertz CT molecular complexity index is 553. The van der Waals surface area contributed by atoms with E-state index in [4.69, 9.17) is 5.73 Å². The van der Waals surface area contributed by atoms with Gasteiger partial charge in [0.15, 0.2) is 0 Å². The number of nitrogens with one attached hydrogen (secondary N) is 1. The summed E-state index contributed by atoms with van der Waals surface area (Å²) in [5.74, 6) is -0.298. The van der Waals surface area contributed by atoms with E-state index in [0.29, 0.717) is 13.0 Å². The van der Waals surface area contributed by atoms with E-state index in [9.17, 15) is 13.2 Å². The molecular weight excluding hydrogens is 278 g/mol. The number of rotatable bonds is 6. The Kier molecular flexibility index (Phi) is 5.67. The molecule has 0 aromatic heterocycles. The minimum Gasteiger partial charge on any atom is -0.347 e. The molecule has 1 amide bonds. The number of carbonyl (C=O) groups is 1.